The summed E-state index contributed by atoms with van der Waals surface area (Å²) in [6.07, 6.45) is 8.15. The third-order valence-electron chi connectivity index (χ3n) is 5.29. The van der Waals surface area contributed by atoms with Crippen molar-refractivity contribution in [3.63, 3.8) is 0 Å². The molecule has 0 aliphatic carbocycles. The van der Waals surface area contributed by atoms with Crippen molar-refractivity contribution >= 4 is 23.5 Å². The lowest BCUT2D eigenvalue weighted by atomic mass is 9.89. The van der Waals surface area contributed by atoms with Gasteiger partial charge in [0.25, 0.3) is 0 Å². The van der Waals surface area contributed by atoms with E-state index < -0.39 is 23.8 Å². The Kier molecular flexibility index (Phi) is 15.1. The van der Waals surface area contributed by atoms with Crippen LogP contribution in [0.3, 0.4) is 0 Å². The second-order valence-corrected chi connectivity index (χ2v) is 8.80. The van der Waals surface area contributed by atoms with Gasteiger partial charge in [0.05, 0.1) is 0 Å². The lowest BCUT2D eigenvalue weighted by Crippen LogP contribution is -2.34. The van der Waals surface area contributed by atoms with Crippen LogP contribution in [0.5, 0.6) is 0 Å². The first kappa shape index (κ1) is 28.3. The maximum Gasteiger partial charge on any atom is 0.366 e. The fraction of sp³-hybridized carbons (Fsp3) is 0.833. The minimum absolute atomic E-state index is 0.199. The van der Waals surface area contributed by atoms with Gasteiger partial charge in [-0.25, -0.2) is 19.4 Å². The Morgan fingerprint density at radius 3 is 1.17 bits per heavy atom. The third kappa shape index (κ3) is 10.9. The highest BCUT2D eigenvalue weighted by Gasteiger charge is 2.35. The molecule has 2 atom stereocenters. The highest BCUT2D eigenvalue weighted by molar-refractivity contribution is 6.01. The zero-order valence-electron chi connectivity index (χ0n) is 19.8. The van der Waals surface area contributed by atoms with Crippen LogP contribution < -0.4 is 0 Å². The summed E-state index contributed by atoms with van der Waals surface area (Å²) in [7, 11) is 0. The normalized spacial score (nSPS) is 13.2. The summed E-state index contributed by atoms with van der Waals surface area (Å²) in [5, 5.41) is 0. The maximum atomic E-state index is 12.5. The molecule has 0 aromatic carbocycles. The van der Waals surface area contributed by atoms with Crippen molar-refractivity contribution < 1.29 is 29.0 Å². The Labute approximate surface area is 182 Å². The van der Waals surface area contributed by atoms with Crippen LogP contribution in [0.2, 0.25) is 0 Å². The number of carbonyl (C=O) groups excluding carboxylic acids is 4. The number of rotatable bonds is 16. The van der Waals surface area contributed by atoms with Gasteiger partial charge >= 0.3 is 11.9 Å². The van der Waals surface area contributed by atoms with Crippen molar-refractivity contribution in [2.75, 3.05) is 0 Å². The first-order valence-corrected chi connectivity index (χ1v) is 11.6. The maximum absolute atomic E-state index is 12.5. The fourth-order valence-corrected chi connectivity index (χ4v) is 3.50. The lowest BCUT2D eigenvalue weighted by molar-refractivity contribution is -0.265. The van der Waals surface area contributed by atoms with Crippen molar-refractivity contribution in [3.8, 4) is 0 Å². The molecule has 0 spiro atoms. The number of hydrogen-bond acceptors (Lipinski definition) is 6. The molecule has 0 saturated carbocycles. The van der Waals surface area contributed by atoms with E-state index in [0.717, 1.165) is 51.4 Å². The molecule has 0 aromatic heterocycles. The lowest BCUT2D eigenvalue weighted by Gasteiger charge is -2.19. The Morgan fingerprint density at radius 1 is 0.567 bits per heavy atom. The number of ketones is 2. The summed E-state index contributed by atoms with van der Waals surface area (Å²) in [6.45, 7) is 11.2. The van der Waals surface area contributed by atoms with Gasteiger partial charge in [-0.15, -0.1) is 0 Å². The average Bonchev–Trinajstić information content (AvgIpc) is 2.66. The largest absolute Gasteiger partial charge is 0.366 e. The van der Waals surface area contributed by atoms with Gasteiger partial charge in [0.15, 0.2) is 0 Å². The van der Waals surface area contributed by atoms with Crippen LogP contribution in [-0.2, 0) is 29.0 Å². The smallest absolute Gasteiger partial charge is 0.299 e. The molecule has 0 aliphatic rings. The first-order chi connectivity index (χ1) is 14.2. The van der Waals surface area contributed by atoms with Crippen LogP contribution in [0.15, 0.2) is 0 Å². The van der Waals surface area contributed by atoms with E-state index in [1.54, 1.807) is 27.7 Å². The van der Waals surface area contributed by atoms with Gasteiger partial charge < -0.3 is 0 Å². The molecule has 2 unspecified atom stereocenters. The van der Waals surface area contributed by atoms with Gasteiger partial charge in [0.1, 0.15) is 23.4 Å². The van der Waals surface area contributed by atoms with Crippen molar-refractivity contribution in [1.29, 1.82) is 0 Å². The molecule has 0 aromatic rings. The van der Waals surface area contributed by atoms with Crippen LogP contribution in [0.4, 0.5) is 0 Å². The van der Waals surface area contributed by atoms with Crippen LogP contribution in [-0.4, -0.2) is 23.5 Å². The molecule has 0 aliphatic heterocycles. The average molecular weight is 427 g/mol. The van der Waals surface area contributed by atoms with E-state index in [4.69, 9.17) is 9.78 Å². The zero-order chi connectivity index (χ0) is 23.1. The van der Waals surface area contributed by atoms with Crippen LogP contribution in [0.1, 0.15) is 106 Å². The molecule has 174 valence electrons. The zero-order valence-corrected chi connectivity index (χ0v) is 19.8. The Hall–Kier alpha value is -1.72. The monoisotopic (exact) mass is 426 g/mol. The van der Waals surface area contributed by atoms with E-state index >= 15 is 0 Å². The van der Waals surface area contributed by atoms with E-state index in [1.807, 2.05) is 0 Å². The van der Waals surface area contributed by atoms with E-state index in [1.165, 1.54) is 0 Å². The van der Waals surface area contributed by atoms with Gasteiger partial charge in [0, 0.05) is 12.8 Å². The molecule has 0 rings (SSSR count). The molecule has 6 nitrogen and oxygen atoms in total. The molecule has 0 bridgehead atoms. The van der Waals surface area contributed by atoms with Gasteiger partial charge in [-0.1, -0.05) is 80.1 Å². The Bertz CT molecular complexity index is 490. The SMILES string of the molecule is CCCCCCC(=O)C(C(=O)OOC(=O)C(C(=O)CCCCCC)C(C)C)C(C)C. The van der Waals surface area contributed by atoms with Crippen LogP contribution in [0, 0.1) is 23.7 Å². The molecule has 0 radical (unpaired) electrons. The highest BCUT2D eigenvalue weighted by atomic mass is 17.2. The van der Waals surface area contributed by atoms with Gasteiger partial charge in [0.2, 0.25) is 0 Å². The highest BCUT2D eigenvalue weighted by Crippen LogP contribution is 2.21. The fourth-order valence-electron chi connectivity index (χ4n) is 3.50. The van der Waals surface area contributed by atoms with Crippen molar-refractivity contribution in [1.82, 2.24) is 0 Å². The quantitative estimate of drug-likeness (QED) is 0.138. The Balaban J connectivity index is 4.80. The van der Waals surface area contributed by atoms with E-state index in [0.29, 0.717) is 12.8 Å². The summed E-state index contributed by atoms with van der Waals surface area (Å²) in [6, 6.07) is 0. The minimum atomic E-state index is -0.971. The van der Waals surface area contributed by atoms with Crippen LogP contribution in [0.25, 0.3) is 0 Å². The third-order valence-corrected chi connectivity index (χ3v) is 5.29. The molecule has 30 heavy (non-hydrogen) atoms. The molecule has 0 fully saturated rings. The number of Topliss-reactive ketones (excluding diaryl/α,β-unsaturated/α-hetero) is 2. The summed E-state index contributed by atoms with van der Waals surface area (Å²) in [4.78, 5) is 59.2. The van der Waals surface area contributed by atoms with Crippen LogP contribution >= 0.6 is 0 Å². The molecule has 0 N–H and O–H groups in total. The number of unbranched alkanes of at least 4 members (excludes halogenated alkanes) is 6. The second-order valence-electron chi connectivity index (χ2n) is 8.80. The number of hydrogen-bond donors (Lipinski definition) is 0. The summed E-state index contributed by atoms with van der Waals surface area (Å²) < 4.78 is 0. The van der Waals surface area contributed by atoms with Gasteiger partial charge in [-0.2, -0.15) is 0 Å². The topological polar surface area (TPSA) is 86.7 Å². The van der Waals surface area contributed by atoms with Crippen molar-refractivity contribution in [2.24, 2.45) is 23.7 Å². The van der Waals surface area contributed by atoms with Crippen molar-refractivity contribution in [2.45, 2.75) is 106 Å². The molecule has 0 amide bonds. The van der Waals surface area contributed by atoms with Gasteiger partial charge in [-0.3, -0.25) is 9.59 Å². The number of carbonyl (C=O) groups is 4. The summed E-state index contributed by atoms with van der Waals surface area (Å²) in [5.41, 5.74) is 0. The summed E-state index contributed by atoms with van der Waals surface area (Å²) in [5.74, 6) is -4.60. The predicted octanol–water partition coefficient (Wildman–Crippen LogP) is 5.61. The van der Waals surface area contributed by atoms with E-state index in [9.17, 15) is 19.2 Å². The molecular weight excluding hydrogens is 384 g/mol. The van der Waals surface area contributed by atoms with E-state index in [2.05, 4.69) is 13.8 Å². The minimum Gasteiger partial charge on any atom is -0.299 e. The molecule has 6 heteroatoms. The van der Waals surface area contributed by atoms with E-state index in [-0.39, 0.29) is 23.4 Å². The second kappa shape index (κ2) is 16.0. The molecule has 0 saturated heterocycles. The van der Waals surface area contributed by atoms with Gasteiger partial charge in [-0.05, 0) is 24.7 Å². The predicted molar refractivity (Wildman–Crippen MR) is 116 cm³/mol. The summed E-state index contributed by atoms with van der Waals surface area (Å²) >= 11 is 0. The first-order valence-electron chi connectivity index (χ1n) is 11.6. The standard InChI is InChI=1S/C24H42O6/c1-7-9-11-13-15-19(25)21(17(3)4)23(27)29-30-24(28)22(18(5)6)20(26)16-14-12-10-8-2/h17-18,21-22H,7-16H2,1-6H3. The molecule has 0 heterocycles. The Morgan fingerprint density at radius 2 is 0.900 bits per heavy atom. The molecular formula is C24H42O6. The van der Waals surface area contributed by atoms with Crippen molar-refractivity contribution in [3.05, 3.63) is 0 Å².